The van der Waals surface area contributed by atoms with Crippen molar-refractivity contribution in [3.05, 3.63) is 77.4 Å². The maximum atomic E-state index is 12.9. The second kappa shape index (κ2) is 9.51. The average Bonchev–Trinajstić information content (AvgIpc) is 2.78. The van der Waals surface area contributed by atoms with Crippen LogP contribution in [0.5, 0.6) is 11.5 Å². The number of ether oxygens (including phenoxy) is 2. The van der Waals surface area contributed by atoms with E-state index in [1.54, 1.807) is 50.6 Å². The summed E-state index contributed by atoms with van der Waals surface area (Å²) in [4.78, 5) is 12.5. The molecule has 0 aliphatic heterocycles. The van der Waals surface area contributed by atoms with Crippen LogP contribution >= 0.6 is 0 Å². The first-order chi connectivity index (χ1) is 15.2. The standard InChI is InChI=1S/C23H22F3N3O3/c1-31-20-10-8-17(12-21(20)32-2)28-13-14-3-5-15(6-4-14)22(30)29-19-11-16(23(24,25)26)7-9-18(19)27/h3-12,28H,13,27H2,1-2H3,(H,29,30). The van der Waals surface area contributed by atoms with Gasteiger partial charge < -0.3 is 25.8 Å². The molecule has 168 valence electrons. The molecule has 3 aromatic carbocycles. The van der Waals surface area contributed by atoms with Gasteiger partial charge in [0, 0.05) is 23.9 Å². The van der Waals surface area contributed by atoms with Crippen LogP contribution in [0.3, 0.4) is 0 Å². The van der Waals surface area contributed by atoms with Crippen LogP contribution in [0.2, 0.25) is 0 Å². The molecule has 0 bridgehead atoms. The Balaban J connectivity index is 1.65. The lowest BCUT2D eigenvalue weighted by Gasteiger charge is -2.13. The summed E-state index contributed by atoms with van der Waals surface area (Å²) >= 11 is 0. The molecule has 0 aliphatic rings. The van der Waals surface area contributed by atoms with Crippen molar-refractivity contribution in [2.45, 2.75) is 12.7 Å². The van der Waals surface area contributed by atoms with Gasteiger partial charge in [-0.15, -0.1) is 0 Å². The van der Waals surface area contributed by atoms with Gasteiger partial charge in [-0.25, -0.2) is 0 Å². The number of carbonyl (C=O) groups is 1. The molecule has 0 unspecified atom stereocenters. The van der Waals surface area contributed by atoms with E-state index >= 15 is 0 Å². The number of nitrogen functional groups attached to an aromatic ring is 1. The van der Waals surface area contributed by atoms with E-state index in [4.69, 9.17) is 15.2 Å². The average molecular weight is 445 g/mol. The normalized spacial score (nSPS) is 11.0. The highest BCUT2D eigenvalue weighted by Gasteiger charge is 2.31. The van der Waals surface area contributed by atoms with Gasteiger partial charge in [0.15, 0.2) is 11.5 Å². The van der Waals surface area contributed by atoms with Gasteiger partial charge in [0.05, 0.1) is 31.2 Å². The maximum Gasteiger partial charge on any atom is 0.416 e. The zero-order valence-corrected chi connectivity index (χ0v) is 17.4. The fraction of sp³-hybridized carbons (Fsp3) is 0.174. The zero-order chi connectivity index (χ0) is 23.3. The van der Waals surface area contributed by atoms with Gasteiger partial charge >= 0.3 is 6.18 Å². The topological polar surface area (TPSA) is 85.6 Å². The van der Waals surface area contributed by atoms with Crippen molar-refractivity contribution in [3.63, 3.8) is 0 Å². The van der Waals surface area contributed by atoms with E-state index in [1.807, 2.05) is 6.07 Å². The Kier molecular flexibility index (Phi) is 6.77. The van der Waals surface area contributed by atoms with Gasteiger partial charge in [0.1, 0.15) is 0 Å². The number of hydrogen-bond acceptors (Lipinski definition) is 5. The van der Waals surface area contributed by atoms with Crippen molar-refractivity contribution in [3.8, 4) is 11.5 Å². The maximum absolute atomic E-state index is 12.9. The predicted molar refractivity (Wildman–Crippen MR) is 117 cm³/mol. The van der Waals surface area contributed by atoms with E-state index in [0.29, 0.717) is 18.0 Å². The molecule has 6 nitrogen and oxygen atoms in total. The third-order valence-corrected chi connectivity index (χ3v) is 4.73. The van der Waals surface area contributed by atoms with Crippen LogP contribution in [-0.4, -0.2) is 20.1 Å². The molecule has 0 heterocycles. The number of alkyl halides is 3. The molecule has 0 aliphatic carbocycles. The number of benzene rings is 3. The number of methoxy groups -OCH3 is 2. The summed E-state index contributed by atoms with van der Waals surface area (Å²) < 4.78 is 49.2. The Bertz CT molecular complexity index is 1100. The first-order valence-corrected chi connectivity index (χ1v) is 9.54. The van der Waals surface area contributed by atoms with E-state index < -0.39 is 17.6 Å². The Labute approximate surface area is 183 Å². The summed E-state index contributed by atoms with van der Waals surface area (Å²) in [6, 6.07) is 14.9. The van der Waals surface area contributed by atoms with Crippen LogP contribution in [0.25, 0.3) is 0 Å². The van der Waals surface area contributed by atoms with Gasteiger partial charge in [0.2, 0.25) is 0 Å². The van der Waals surface area contributed by atoms with Crippen molar-refractivity contribution < 1.29 is 27.4 Å². The fourth-order valence-electron chi connectivity index (χ4n) is 2.96. The minimum absolute atomic E-state index is 0.0436. The van der Waals surface area contributed by atoms with Crippen LogP contribution in [0.1, 0.15) is 21.5 Å². The predicted octanol–water partition coefficient (Wildman–Crippen LogP) is 5.17. The van der Waals surface area contributed by atoms with Crippen LogP contribution in [0.15, 0.2) is 60.7 Å². The minimum atomic E-state index is -4.53. The summed E-state index contributed by atoms with van der Waals surface area (Å²) in [6.45, 7) is 0.484. The number of nitrogens with two attached hydrogens (primary N) is 1. The lowest BCUT2D eigenvalue weighted by atomic mass is 10.1. The van der Waals surface area contributed by atoms with Gasteiger partial charge in [-0.2, -0.15) is 13.2 Å². The summed E-state index contributed by atoms with van der Waals surface area (Å²) in [5.74, 6) is 0.656. The Morgan fingerprint density at radius 3 is 2.25 bits per heavy atom. The molecule has 0 saturated heterocycles. The van der Waals surface area contributed by atoms with E-state index in [0.717, 1.165) is 29.4 Å². The van der Waals surface area contributed by atoms with Gasteiger partial charge in [-0.1, -0.05) is 12.1 Å². The van der Waals surface area contributed by atoms with Gasteiger partial charge in [-0.05, 0) is 48.0 Å². The molecule has 0 fully saturated rings. The van der Waals surface area contributed by atoms with Crippen molar-refractivity contribution in [1.29, 1.82) is 0 Å². The number of nitrogens with one attached hydrogen (secondary N) is 2. The molecular formula is C23H22F3N3O3. The van der Waals surface area contributed by atoms with E-state index in [9.17, 15) is 18.0 Å². The smallest absolute Gasteiger partial charge is 0.416 e. The van der Waals surface area contributed by atoms with Crippen LogP contribution in [0, 0.1) is 0 Å². The van der Waals surface area contributed by atoms with E-state index in [2.05, 4.69) is 10.6 Å². The molecule has 0 atom stereocenters. The summed E-state index contributed by atoms with van der Waals surface area (Å²) in [7, 11) is 3.11. The number of halogens is 3. The SMILES string of the molecule is COc1ccc(NCc2ccc(C(=O)Nc3cc(C(F)(F)F)ccc3N)cc2)cc1OC. The number of rotatable bonds is 7. The Morgan fingerprint density at radius 1 is 0.938 bits per heavy atom. The number of carbonyl (C=O) groups excluding carboxylic acids is 1. The molecular weight excluding hydrogens is 423 g/mol. The minimum Gasteiger partial charge on any atom is -0.493 e. The molecule has 3 rings (SSSR count). The van der Waals surface area contributed by atoms with E-state index in [-0.39, 0.29) is 16.9 Å². The fourth-order valence-corrected chi connectivity index (χ4v) is 2.96. The Morgan fingerprint density at radius 2 is 1.62 bits per heavy atom. The highest BCUT2D eigenvalue weighted by Crippen LogP contribution is 2.33. The number of anilines is 3. The Hall–Kier alpha value is -3.88. The van der Waals surface area contributed by atoms with Crippen molar-refractivity contribution in [2.75, 3.05) is 30.6 Å². The lowest BCUT2D eigenvalue weighted by Crippen LogP contribution is -2.15. The van der Waals surface area contributed by atoms with Crippen molar-refractivity contribution in [2.24, 2.45) is 0 Å². The number of hydrogen-bond donors (Lipinski definition) is 3. The molecule has 0 radical (unpaired) electrons. The second-order valence-electron chi connectivity index (χ2n) is 6.87. The highest BCUT2D eigenvalue weighted by molar-refractivity contribution is 6.05. The molecule has 3 aromatic rings. The molecule has 0 spiro atoms. The van der Waals surface area contributed by atoms with Crippen molar-refractivity contribution in [1.82, 2.24) is 0 Å². The van der Waals surface area contributed by atoms with Crippen LogP contribution in [0.4, 0.5) is 30.2 Å². The number of amides is 1. The van der Waals surface area contributed by atoms with Crippen molar-refractivity contribution >= 4 is 23.0 Å². The first kappa shape index (κ1) is 22.8. The first-order valence-electron chi connectivity index (χ1n) is 9.54. The summed E-state index contributed by atoms with van der Waals surface area (Å²) in [5, 5.41) is 5.68. The highest BCUT2D eigenvalue weighted by atomic mass is 19.4. The monoisotopic (exact) mass is 445 g/mol. The van der Waals surface area contributed by atoms with Gasteiger partial charge in [0.25, 0.3) is 5.91 Å². The third kappa shape index (κ3) is 5.42. The second-order valence-corrected chi connectivity index (χ2v) is 6.87. The molecule has 9 heteroatoms. The largest absolute Gasteiger partial charge is 0.493 e. The van der Waals surface area contributed by atoms with Gasteiger partial charge in [-0.3, -0.25) is 4.79 Å². The van der Waals surface area contributed by atoms with E-state index in [1.165, 1.54) is 0 Å². The molecule has 32 heavy (non-hydrogen) atoms. The summed E-state index contributed by atoms with van der Waals surface area (Å²) in [6.07, 6.45) is -4.53. The third-order valence-electron chi connectivity index (χ3n) is 4.73. The quantitative estimate of drug-likeness (QED) is 0.437. The summed E-state index contributed by atoms with van der Waals surface area (Å²) in [5.41, 5.74) is 6.78. The molecule has 0 aromatic heterocycles. The van der Waals surface area contributed by atoms with Crippen LogP contribution in [-0.2, 0) is 12.7 Å². The zero-order valence-electron chi connectivity index (χ0n) is 17.4. The molecule has 4 N–H and O–H groups in total. The van der Waals surface area contributed by atoms with Crippen LogP contribution < -0.4 is 25.8 Å². The molecule has 1 amide bonds. The molecule has 0 saturated carbocycles. The lowest BCUT2D eigenvalue weighted by molar-refractivity contribution is -0.137.